The number of pyridine rings is 1. The van der Waals surface area contributed by atoms with Crippen molar-refractivity contribution in [3.8, 4) is 5.82 Å². The minimum absolute atomic E-state index is 0.794. The van der Waals surface area contributed by atoms with Crippen molar-refractivity contribution in [3.63, 3.8) is 0 Å². The summed E-state index contributed by atoms with van der Waals surface area (Å²) in [6.07, 6.45) is 1.93. The number of rotatable bonds is 3. The number of nitrogens with zero attached hydrogens (tertiary/aromatic N) is 5. The third kappa shape index (κ3) is 2.79. The van der Waals surface area contributed by atoms with Crippen LogP contribution in [0.15, 0.2) is 109 Å². The third-order valence-electron chi connectivity index (χ3n) is 7.49. The number of aromatic nitrogens is 5. The molecule has 4 aromatic carbocycles. The first-order valence-electron chi connectivity index (χ1n) is 12.6. The van der Waals surface area contributed by atoms with Crippen LogP contribution in [0, 0.1) is 6.92 Å². The van der Waals surface area contributed by atoms with Gasteiger partial charge < -0.3 is 4.57 Å². The number of hydrogen-bond acceptors (Lipinski definition) is 2. The zero-order chi connectivity index (χ0) is 24.5. The Balaban J connectivity index is 1.52. The van der Waals surface area contributed by atoms with E-state index in [4.69, 9.17) is 9.97 Å². The fourth-order valence-corrected chi connectivity index (χ4v) is 5.85. The third-order valence-corrected chi connectivity index (χ3v) is 7.49. The van der Waals surface area contributed by atoms with Crippen molar-refractivity contribution in [1.29, 1.82) is 0 Å². The number of hydrogen-bond donors (Lipinski definition) is 0. The van der Waals surface area contributed by atoms with Crippen LogP contribution in [0.1, 0.15) is 11.1 Å². The Bertz CT molecular complexity index is 2130. The summed E-state index contributed by atoms with van der Waals surface area (Å²) < 4.78 is 6.90. The molecule has 0 spiro atoms. The van der Waals surface area contributed by atoms with Crippen molar-refractivity contribution >= 4 is 49.7 Å². The lowest BCUT2D eigenvalue weighted by molar-refractivity contribution is 0.868. The summed E-state index contributed by atoms with van der Waals surface area (Å²) in [6.45, 7) is 2.92. The van der Waals surface area contributed by atoms with Gasteiger partial charge in [0.25, 0.3) is 0 Å². The Hall–Kier alpha value is -4.90. The molecule has 176 valence electrons. The second-order valence-electron chi connectivity index (χ2n) is 9.63. The average molecular weight is 478 g/mol. The van der Waals surface area contributed by atoms with Gasteiger partial charge in [0.2, 0.25) is 5.78 Å². The van der Waals surface area contributed by atoms with E-state index in [1.165, 1.54) is 27.5 Å². The number of fused-ring (bicyclic) bond motifs is 8. The Labute approximate surface area is 212 Å². The lowest BCUT2D eigenvalue weighted by atomic mass is 10.2. The van der Waals surface area contributed by atoms with Gasteiger partial charge >= 0.3 is 0 Å². The molecule has 0 aliphatic carbocycles. The fourth-order valence-electron chi connectivity index (χ4n) is 5.85. The summed E-state index contributed by atoms with van der Waals surface area (Å²) >= 11 is 0. The van der Waals surface area contributed by atoms with E-state index in [0.29, 0.717) is 0 Å². The molecule has 0 saturated carbocycles. The summed E-state index contributed by atoms with van der Waals surface area (Å²) in [4.78, 5) is 10.2. The second-order valence-corrected chi connectivity index (χ2v) is 9.63. The zero-order valence-corrected chi connectivity index (χ0v) is 20.3. The van der Waals surface area contributed by atoms with E-state index in [-0.39, 0.29) is 0 Å². The van der Waals surface area contributed by atoms with Gasteiger partial charge in [0.15, 0.2) is 0 Å². The van der Waals surface area contributed by atoms with Crippen molar-refractivity contribution in [1.82, 2.24) is 23.5 Å². The number of benzene rings is 4. The smallest absolute Gasteiger partial charge is 0.221 e. The van der Waals surface area contributed by atoms with E-state index in [9.17, 15) is 0 Å². The summed E-state index contributed by atoms with van der Waals surface area (Å²) in [5.74, 6) is 1.78. The molecule has 8 aromatic rings. The summed E-state index contributed by atoms with van der Waals surface area (Å²) in [5, 5.41) is 2.33. The van der Waals surface area contributed by atoms with Gasteiger partial charge in [0, 0.05) is 23.6 Å². The first kappa shape index (κ1) is 20.3. The highest BCUT2D eigenvalue weighted by molar-refractivity contribution is 6.12. The quantitative estimate of drug-likeness (QED) is 0.268. The number of para-hydroxylation sites is 4. The van der Waals surface area contributed by atoms with Crippen molar-refractivity contribution in [2.24, 2.45) is 0 Å². The largest absolute Gasteiger partial charge is 0.336 e. The van der Waals surface area contributed by atoms with Gasteiger partial charge in [-0.2, -0.15) is 0 Å². The first-order valence-corrected chi connectivity index (χ1v) is 12.6. The normalized spacial score (nSPS) is 12.0. The maximum Gasteiger partial charge on any atom is 0.221 e. The molecule has 0 radical (unpaired) electrons. The maximum atomic E-state index is 5.17. The van der Waals surface area contributed by atoms with Crippen molar-refractivity contribution < 1.29 is 0 Å². The van der Waals surface area contributed by atoms with E-state index in [1.54, 1.807) is 0 Å². The molecule has 0 amide bonds. The van der Waals surface area contributed by atoms with Crippen LogP contribution in [0.2, 0.25) is 0 Å². The van der Waals surface area contributed by atoms with Gasteiger partial charge in [0.1, 0.15) is 5.82 Å². The van der Waals surface area contributed by atoms with Crippen LogP contribution in [0.5, 0.6) is 0 Å². The maximum absolute atomic E-state index is 5.17. The number of imidazole rings is 2. The van der Waals surface area contributed by atoms with Crippen molar-refractivity contribution in [2.45, 2.75) is 13.5 Å². The standard InChI is InChI=1S/C32H23N5/c1-21-10-9-17-28-30(21)34-32-36(28)25-15-7-8-16-26(25)37(32)31-29-23-13-5-6-14-24(23)35(27(29)18-19-33-31)20-22-11-3-2-4-12-22/h2-19H,20H2,1H3. The van der Waals surface area contributed by atoms with Gasteiger partial charge in [-0.15, -0.1) is 0 Å². The molecule has 0 unspecified atom stereocenters. The molecule has 8 rings (SSSR count). The second kappa shape index (κ2) is 7.55. The lowest BCUT2D eigenvalue weighted by Gasteiger charge is -2.09. The summed E-state index contributed by atoms with van der Waals surface area (Å²) in [6, 6.07) is 36.3. The monoisotopic (exact) mass is 477 g/mol. The highest BCUT2D eigenvalue weighted by Crippen LogP contribution is 2.36. The highest BCUT2D eigenvalue weighted by Gasteiger charge is 2.22. The predicted octanol–water partition coefficient (Wildman–Crippen LogP) is 7.29. The topological polar surface area (TPSA) is 40.0 Å². The van der Waals surface area contributed by atoms with Crippen LogP contribution >= 0.6 is 0 Å². The molecule has 0 fully saturated rings. The Kier molecular flexibility index (Phi) is 4.14. The van der Waals surface area contributed by atoms with Gasteiger partial charge in [-0.05, 0) is 48.4 Å². The zero-order valence-electron chi connectivity index (χ0n) is 20.3. The minimum Gasteiger partial charge on any atom is -0.336 e. The van der Waals surface area contributed by atoms with Crippen LogP contribution in [0.25, 0.3) is 55.5 Å². The van der Waals surface area contributed by atoms with Gasteiger partial charge in [-0.25, -0.2) is 9.97 Å². The average Bonchev–Trinajstić information content (AvgIpc) is 3.58. The van der Waals surface area contributed by atoms with E-state index in [1.807, 2.05) is 6.20 Å². The first-order chi connectivity index (χ1) is 18.3. The molecule has 0 saturated heterocycles. The summed E-state index contributed by atoms with van der Waals surface area (Å²) in [7, 11) is 0. The minimum atomic E-state index is 0.794. The van der Waals surface area contributed by atoms with E-state index >= 15 is 0 Å². The molecule has 0 aliphatic rings. The Morgan fingerprint density at radius 3 is 2.24 bits per heavy atom. The van der Waals surface area contributed by atoms with Crippen LogP contribution in [-0.4, -0.2) is 23.5 Å². The molecule has 0 N–H and O–H groups in total. The van der Waals surface area contributed by atoms with Gasteiger partial charge in [0.05, 0.1) is 33.0 Å². The Morgan fingerprint density at radius 1 is 0.649 bits per heavy atom. The van der Waals surface area contributed by atoms with Crippen LogP contribution in [-0.2, 0) is 6.54 Å². The number of aryl methyl sites for hydroxylation is 1. The molecule has 5 nitrogen and oxygen atoms in total. The predicted molar refractivity (Wildman–Crippen MR) is 151 cm³/mol. The molecule has 0 aliphatic heterocycles. The molecule has 4 aromatic heterocycles. The van der Waals surface area contributed by atoms with Crippen molar-refractivity contribution in [3.05, 3.63) is 120 Å². The van der Waals surface area contributed by atoms with Gasteiger partial charge in [-0.1, -0.05) is 72.8 Å². The lowest BCUT2D eigenvalue weighted by Crippen LogP contribution is -2.01. The fraction of sp³-hybridized carbons (Fsp3) is 0.0625. The van der Waals surface area contributed by atoms with Crippen LogP contribution in [0.3, 0.4) is 0 Å². The molecular formula is C32H23N5. The SMILES string of the molecule is Cc1cccc2c1nc1n(-c3nccc4c3c3ccccc3n4Cc3ccccc3)c3ccccc3n21. The van der Waals surface area contributed by atoms with E-state index in [0.717, 1.165) is 45.6 Å². The highest BCUT2D eigenvalue weighted by atomic mass is 15.2. The molecule has 0 atom stereocenters. The van der Waals surface area contributed by atoms with Crippen LogP contribution < -0.4 is 0 Å². The van der Waals surface area contributed by atoms with E-state index in [2.05, 4.69) is 124 Å². The molecule has 0 bridgehead atoms. The van der Waals surface area contributed by atoms with Gasteiger partial charge in [-0.3, -0.25) is 8.97 Å². The molecular weight excluding hydrogens is 454 g/mol. The molecule has 4 heterocycles. The Morgan fingerprint density at radius 2 is 1.38 bits per heavy atom. The molecule has 37 heavy (non-hydrogen) atoms. The van der Waals surface area contributed by atoms with E-state index < -0.39 is 0 Å². The molecule has 5 heteroatoms. The van der Waals surface area contributed by atoms with Crippen LogP contribution in [0.4, 0.5) is 0 Å². The summed E-state index contributed by atoms with van der Waals surface area (Å²) in [5.41, 5.74) is 9.16. The van der Waals surface area contributed by atoms with Crippen molar-refractivity contribution in [2.75, 3.05) is 0 Å².